The molecule has 2 heterocycles. The molecule has 0 radical (unpaired) electrons. The summed E-state index contributed by atoms with van der Waals surface area (Å²) in [5.74, 6) is -0.264. The van der Waals surface area contributed by atoms with Gasteiger partial charge in [0.2, 0.25) is 0 Å². The van der Waals surface area contributed by atoms with E-state index < -0.39 is 6.23 Å². The normalized spacial score (nSPS) is 15.1. The second kappa shape index (κ2) is 9.48. The molecule has 4 nitrogen and oxygen atoms in total. The van der Waals surface area contributed by atoms with Crippen LogP contribution < -0.4 is 5.32 Å². The molecule has 3 aromatic carbocycles. The molecule has 0 aliphatic carbocycles. The van der Waals surface area contributed by atoms with Crippen LogP contribution in [0.4, 0.5) is 10.1 Å². The van der Waals surface area contributed by atoms with Gasteiger partial charge in [-0.25, -0.2) is 4.39 Å². The second-order valence-corrected chi connectivity index (χ2v) is 8.93. The van der Waals surface area contributed by atoms with Crippen LogP contribution in [0.2, 0.25) is 5.02 Å². The third-order valence-electron chi connectivity index (χ3n) is 6.13. The van der Waals surface area contributed by atoms with Crippen LogP contribution >= 0.6 is 11.6 Å². The standard InChI is InChI=1S/C27H25ClFN3O/c28-24-14-22-13-18(17-32-11-1-2-12-32)16-30-25(22)15-26(24)31-27(33)21-5-3-19(4-6-21)20-7-9-23(29)10-8-20/h3-10,13-16,27,31,33H,1-2,11-12,17H2. The van der Waals surface area contributed by atoms with Crippen LogP contribution in [0.3, 0.4) is 0 Å². The first-order valence-corrected chi connectivity index (χ1v) is 11.5. The number of halogens is 2. The summed E-state index contributed by atoms with van der Waals surface area (Å²) >= 11 is 6.53. The van der Waals surface area contributed by atoms with Crippen LogP contribution in [0.15, 0.2) is 72.9 Å². The van der Waals surface area contributed by atoms with Crippen molar-refractivity contribution in [1.29, 1.82) is 0 Å². The van der Waals surface area contributed by atoms with Crippen molar-refractivity contribution in [2.75, 3.05) is 18.4 Å². The molecule has 1 aromatic heterocycles. The van der Waals surface area contributed by atoms with Gasteiger partial charge in [0.1, 0.15) is 5.82 Å². The van der Waals surface area contributed by atoms with Crippen molar-refractivity contribution in [1.82, 2.24) is 9.88 Å². The van der Waals surface area contributed by atoms with Crippen molar-refractivity contribution in [2.24, 2.45) is 0 Å². The quantitative estimate of drug-likeness (QED) is 0.326. The lowest BCUT2D eigenvalue weighted by Crippen LogP contribution is -2.18. The fourth-order valence-corrected chi connectivity index (χ4v) is 4.55. The maximum atomic E-state index is 13.2. The Bertz CT molecular complexity index is 1260. The Labute approximate surface area is 197 Å². The lowest BCUT2D eigenvalue weighted by molar-refractivity contribution is 0.208. The number of anilines is 1. The third-order valence-corrected chi connectivity index (χ3v) is 6.44. The minimum Gasteiger partial charge on any atom is -0.369 e. The molecule has 0 saturated carbocycles. The molecule has 1 saturated heterocycles. The van der Waals surface area contributed by atoms with E-state index in [2.05, 4.69) is 21.3 Å². The van der Waals surface area contributed by atoms with Gasteiger partial charge < -0.3 is 10.4 Å². The monoisotopic (exact) mass is 461 g/mol. The Morgan fingerprint density at radius 1 is 0.970 bits per heavy atom. The van der Waals surface area contributed by atoms with E-state index in [0.717, 1.165) is 41.7 Å². The summed E-state index contributed by atoms with van der Waals surface area (Å²) in [6.45, 7) is 3.20. The molecule has 5 rings (SSSR count). The highest BCUT2D eigenvalue weighted by Crippen LogP contribution is 2.31. The molecular formula is C27H25ClFN3O. The van der Waals surface area contributed by atoms with Gasteiger partial charge in [0.05, 0.1) is 16.2 Å². The number of aliphatic hydroxyl groups is 1. The van der Waals surface area contributed by atoms with Crippen molar-refractivity contribution >= 4 is 28.2 Å². The van der Waals surface area contributed by atoms with Crippen molar-refractivity contribution < 1.29 is 9.50 Å². The molecule has 1 aliphatic rings. The number of benzene rings is 3. The molecule has 0 bridgehead atoms. The lowest BCUT2D eigenvalue weighted by atomic mass is 10.0. The van der Waals surface area contributed by atoms with E-state index in [1.165, 1.54) is 30.5 Å². The molecule has 2 N–H and O–H groups in total. The zero-order valence-corrected chi connectivity index (χ0v) is 18.9. The summed E-state index contributed by atoms with van der Waals surface area (Å²) in [4.78, 5) is 7.07. The highest BCUT2D eigenvalue weighted by molar-refractivity contribution is 6.34. The molecule has 33 heavy (non-hydrogen) atoms. The van der Waals surface area contributed by atoms with Gasteiger partial charge in [-0.3, -0.25) is 9.88 Å². The zero-order valence-electron chi connectivity index (χ0n) is 18.1. The Kier molecular flexibility index (Phi) is 6.27. The van der Waals surface area contributed by atoms with Crippen LogP contribution in [0.25, 0.3) is 22.0 Å². The highest BCUT2D eigenvalue weighted by Gasteiger charge is 2.14. The first kappa shape index (κ1) is 21.8. The van der Waals surface area contributed by atoms with Gasteiger partial charge in [-0.1, -0.05) is 48.0 Å². The van der Waals surface area contributed by atoms with E-state index in [9.17, 15) is 9.50 Å². The summed E-state index contributed by atoms with van der Waals surface area (Å²) < 4.78 is 13.2. The predicted molar refractivity (Wildman–Crippen MR) is 132 cm³/mol. The molecule has 1 aliphatic heterocycles. The van der Waals surface area contributed by atoms with Gasteiger partial charge in [0.15, 0.2) is 6.23 Å². The summed E-state index contributed by atoms with van der Waals surface area (Å²) in [5, 5.41) is 15.3. The minimum atomic E-state index is -0.934. The number of pyridine rings is 1. The molecule has 0 spiro atoms. The number of nitrogens with one attached hydrogen (secondary N) is 1. The topological polar surface area (TPSA) is 48.4 Å². The zero-order chi connectivity index (χ0) is 22.8. The largest absolute Gasteiger partial charge is 0.369 e. The molecular weight excluding hydrogens is 437 g/mol. The predicted octanol–water partition coefficient (Wildman–Crippen LogP) is 6.39. The van der Waals surface area contributed by atoms with Crippen molar-refractivity contribution in [2.45, 2.75) is 25.6 Å². The fraction of sp³-hybridized carbons (Fsp3) is 0.222. The van der Waals surface area contributed by atoms with E-state index in [0.29, 0.717) is 16.3 Å². The molecule has 4 aromatic rings. The van der Waals surface area contributed by atoms with E-state index in [4.69, 9.17) is 11.6 Å². The average molecular weight is 462 g/mol. The lowest BCUT2D eigenvalue weighted by Gasteiger charge is -2.17. The smallest absolute Gasteiger partial charge is 0.150 e. The van der Waals surface area contributed by atoms with Crippen LogP contribution in [0.5, 0.6) is 0 Å². The van der Waals surface area contributed by atoms with Crippen molar-refractivity contribution in [3.05, 3.63) is 94.9 Å². The molecule has 1 fully saturated rings. The van der Waals surface area contributed by atoms with Gasteiger partial charge in [-0.2, -0.15) is 0 Å². The Balaban J connectivity index is 1.31. The van der Waals surface area contributed by atoms with Crippen molar-refractivity contribution in [3.63, 3.8) is 0 Å². The number of aliphatic hydroxyl groups excluding tert-OH is 1. The Morgan fingerprint density at radius 2 is 1.64 bits per heavy atom. The van der Waals surface area contributed by atoms with E-state index >= 15 is 0 Å². The van der Waals surface area contributed by atoms with Gasteiger partial charge in [0.25, 0.3) is 0 Å². The van der Waals surface area contributed by atoms with Gasteiger partial charge in [0, 0.05) is 23.7 Å². The number of rotatable bonds is 6. The van der Waals surface area contributed by atoms with E-state index in [1.807, 2.05) is 42.6 Å². The fourth-order valence-electron chi connectivity index (χ4n) is 4.32. The maximum Gasteiger partial charge on any atom is 0.150 e. The number of likely N-dealkylation sites (tertiary alicyclic amines) is 1. The minimum absolute atomic E-state index is 0.264. The van der Waals surface area contributed by atoms with E-state index in [1.54, 1.807) is 12.1 Å². The highest BCUT2D eigenvalue weighted by atomic mass is 35.5. The summed E-state index contributed by atoms with van der Waals surface area (Å²) in [6.07, 6.45) is 3.51. The maximum absolute atomic E-state index is 13.2. The van der Waals surface area contributed by atoms with Crippen LogP contribution in [0, 0.1) is 5.82 Å². The SMILES string of the molecule is OC(Nc1cc2ncc(CN3CCCC3)cc2cc1Cl)c1ccc(-c2ccc(F)cc2)cc1. The molecule has 168 valence electrons. The summed E-state index contributed by atoms with van der Waals surface area (Å²) in [7, 11) is 0. The summed E-state index contributed by atoms with van der Waals surface area (Å²) in [5.41, 5.74) is 5.19. The first-order valence-electron chi connectivity index (χ1n) is 11.2. The first-order chi connectivity index (χ1) is 16.0. The molecule has 1 unspecified atom stereocenters. The number of fused-ring (bicyclic) bond motifs is 1. The van der Waals surface area contributed by atoms with Gasteiger partial charge in [-0.05, 0) is 73.0 Å². The molecule has 6 heteroatoms. The number of aromatic nitrogens is 1. The number of nitrogens with zero attached hydrogens (tertiary/aromatic N) is 2. The van der Waals surface area contributed by atoms with Crippen molar-refractivity contribution in [3.8, 4) is 11.1 Å². The Morgan fingerprint density at radius 3 is 2.33 bits per heavy atom. The van der Waals surface area contributed by atoms with Crippen LogP contribution in [-0.2, 0) is 6.54 Å². The van der Waals surface area contributed by atoms with Gasteiger partial charge >= 0.3 is 0 Å². The second-order valence-electron chi connectivity index (χ2n) is 8.53. The van der Waals surface area contributed by atoms with Crippen LogP contribution in [-0.4, -0.2) is 28.1 Å². The summed E-state index contributed by atoms with van der Waals surface area (Å²) in [6, 6.07) is 19.7. The average Bonchev–Trinajstić information content (AvgIpc) is 3.33. The van der Waals surface area contributed by atoms with E-state index in [-0.39, 0.29) is 5.82 Å². The third kappa shape index (κ3) is 5.01. The Hall–Kier alpha value is -2.99. The van der Waals surface area contributed by atoms with Crippen LogP contribution in [0.1, 0.15) is 30.2 Å². The van der Waals surface area contributed by atoms with Gasteiger partial charge in [-0.15, -0.1) is 0 Å². The molecule has 0 amide bonds. The number of hydrogen-bond acceptors (Lipinski definition) is 4. The number of hydrogen-bond donors (Lipinski definition) is 2. The molecule has 1 atom stereocenters.